The average Bonchev–Trinajstić information content (AvgIpc) is 2.56. The van der Waals surface area contributed by atoms with Gasteiger partial charge in [0.05, 0.1) is 0 Å². The zero-order valence-electron chi connectivity index (χ0n) is 12.2. The van der Waals surface area contributed by atoms with E-state index in [2.05, 4.69) is 53.8 Å². The normalized spacial score (nSPS) is 24.2. The van der Waals surface area contributed by atoms with Crippen LogP contribution in [0, 0.1) is 0 Å². The molecule has 1 aliphatic carbocycles. The van der Waals surface area contributed by atoms with Gasteiger partial charge in [-0.1, -0.05) is 42.5 Å². The predicted octanol–water partition coefficient (Wildman–Crippen LogP) is 4.89. The van der Waals surface area contributed by atoms with E-state index in [1.54, 1.807) is 5.56 Å². The number of nitrogens with one attached hydrogen (secondary N) is 1. The third-order valence-electron chi connectivity index (χ3n) is 4.73. The molecular formula is C19H21NS. The van der Waals surface area contributed by atoms with Crippen molar-refractivity contribution < 1.29 is 0 Å². The Morgan fingerprint density at radius 1 is 0.857 bits per heavy atom. The van der Waals surface area contributed by atoms with E-state index in [0.29, 0.717) is 12.1 Å². The molecule has 0 saturated carbocycles. The summed E-state index contributed by atoms with van der Waals surface area (Å²) < 4.78 is 0. The Kier molecular flexibility index (Phi) is 3.74. The summed E-state index contributed by atoms with van der Waals surface area (Å²) >= 11 is 2.00. The van der Waals surface area contributed by atoms with Gasteiger partial charge in [0, 0.05) is 17.0 Å². The molecule has 1 nitrogen and oxygen atoms in total. The molecule has 1 N–H and O–H groups in total. The van der Waals surface area contributed by atoms with E-state index in [-0.39, 0.29) is 0 Å². The molecule has 0 saturated heterocycles. The summed E-state index contributed by atoms with van der Waals surface area (Å²) in [5.74, 6) is 1.23. The molecule has 0 radical (unpaired) electrons. The lowest BCUT2D eigenvalue weighted by atomic mass is 9.86. The summed E-state index contributed by atoms with van der Waals surface area (Å²) in [6.07, 6.45) is 5.05. The minimum atomic E-state index is 0.513. The summed E-state index contributed by atoms with van der Waals surface area (Å²) in [7, 11) is 0. The Bertz CT molecular complexity index is 581. The maximum atomic E-state index is 3.96. The Balaban J connectivity index is 1.61. The lowest BCUT2D eigenvalue weighted by Gasteiger charge is -2.33. The second-order valence-corrected chi connectivity index (χ2v) is 7.17. The first-order chi connectivity index (χ1) is 10.4. The topological polar surface area (TPSA) is 12.0 Å². The SMILES string of the molecule is c1ccc2c(c1)CCCC2NC1CCSc2ccccc21. The summed E-state index contributed by atoms with van der Waals surface area (Å²) in [6.45, 7) is 0. The molecule has 0 aromatic heterocycles. The molecule has 0 amide bonds. The van der Waals surface area contributed by atoms with Crippen LogP contribution in [0.1, 0.15) is 48.0 Å². The zero-order valence-corrected chi connectivity index (χ0v) is 13.0. The van der Waals surface area contributed by atoms with Gasteiger partial charge in [0.2, 0.25) is 0 Å². The molecule has 2 heteroatoms. The van der Waals surface area contributed by atoms with Gasteiger partial charge in [-0.3, -0.25) is 0 Å². The van der Waals surface area contributed by atoms with Gasteiger partial charge >= 0.3 is 0 Å². The predicted molar refractivity (Wildman–Crippen MR) is 89.8 cm³/mol. The number of benzene rings is 2. The van der Waals surface area contributed by atoms with Crippen LogP contribution in [0.2, 0.25) is 0 Å². The highest BCUT2D eigenvalue weighted by Gasteiger charge is 2.26. The van der Waals surface area contributed by atoms with E-state index in [4.69, 9.17) is 0 Å². The largest absolute Gasteiger partial charge is 0.303 e. The Hall–Kier alpha value is -1.25. The number of aryl methyl sites for hydroxylation is 1. The molecule has 2 unspecified atom stereocenters. The van der Waals surface area contributed by atoms with Crippen molar-refractivity contribution in [2.45, 2.75) is 42.7 Å². The van der Waals surface area contributed by atoms with Gasteiger partial charge in [0.1, 0.15) is 0 Å². The molecular weight excluding hydrogens is 274 g/mol. The number of hydrogen-bond acceptors (Lipinski definition) is 2. The number of thioether (sulfide) groups is 1. The molecule has 0 spiro atoms. The van der Waals surface area contributed by atoms with Crippen LogP contribution < -0.4 is 5.32 Å². The summed E-state index contributed by atoms with van der Waals surface area (Å²) in [6, 6.07) is 18.9. The van der Waals surface area contributed by atoms with Crippen LogP contribution in [0.5, 0.6) is 0 Å². The smallest absolute Gasteiger partial charge is 0.0344 e. The van der Waals surface area contributed by atoms with Gasteiger partial charge in [-0.05, 0) is 54.2 Å². The van der Waals surface area contributed by atoms with Crippen molar-refractivity contribution in [1.29, 1.82) is 0 Å². The van der Waals surface area contributed by atoms with E-state index in [1.165, 1.54) is 47.5 Å². The van der Waals surface area contributed by atoms with Crippen LogP contribution in [-0.4, -0.2) is 5.75 Å². The maximum Gasteiger partial charge on any atom is 0.0344 e. The fourth-order valence-electron chi connectivity index (χ4n) is 3.69. The first-order valence-electron chi connectivity index (χ1n) is 7.97. The van der Waals surface area contributed by atoms with Gasteiger partial charge in [0.25, 0.3) is 0 Å². The molecule has 2 atom stereocenters. The van der Waals surface area contributed by atoms with Crippen molar-refractivity contribution in [3.8, 4) is 0 Å². The van der Waals surface area contributed by atoms with Gasteiger partial charge in [-0.25, -0.2) is 0 Å². The number of fused-ring (bicyclic) bond motifs is 2. The minimum absolute atomic E-state index is 0.513. The van der Waals surface area contributed by atoms with Crippen molar-refractivity contribution in [3.63, 3.8) is 0 Å². The van der Waals surface area contributed by atoms with Gasteiger partial charge < -0.3 is 5.32 Å². The lowest BCUT2D eigenvalue weighted by Crippen LogP contribution is -2.31. The first kappa shape index (κ1) is 13.4. The highest BCUT2D eigenvalue weighted by atomic mass is 32.2. The summed E-state index contributed by atoms with van der Waals surface area (Å²) in [4.78, 5) is 1.46. The van der Waals surface area contributed by atoms with Crippen LogP contribution >= 0.6 is 11.8 Å². The van der Waals surface area contributed by atoms with Crippen molar-refractivity contribution >= 4 is 11.8 Å². The van der Waals surface area contributed by atoms with Crippen molar-refractivity contribution in [2.24, 2.45) is 0 Å². The summed E-state index contributed by atoms with van der Waals surface area (Å²) in [5.41, 5.74) is 4.57. The molecule has 1 heterocycles. The minimum Gasteiger partial charge on any atom is -0.303 e. The highest BCUT2D eigenvalue weighted by molar-refractivity contribution is 7.99. The number of rotatable bonds is 2. The van der Waals surface area contributed by atoms with E-state index < -0.39 is 0 Å². The van der Waals surface area contributed by atoms with Crippen molar-refractivity contribution in [1.82, 2.24) is 5.32 Å². The van der Waals surface area contributed by atoms with Gasteiger partial charge in [0.15, 0.2) is 0 Å². The fraction of sp³-hybridized carbons (Fsp3) is 0.368. The Morgan fingerprint density at radius 3 is 2.57 bits per heavy atom. The molecule has 4 rings (SSSR count). The second-order valence-electron chi connectivity index (χ2n) is 6.04. The third-order valence-corrected chi connectivity index (χ3v) is 5.85. The van der Waals surface area contributed by atoms with Crippen LogP contribution in [0.4, 0.5) is 0 Å². The summed E-state index contributed by atoms with van der Waals surface area (Å²) in [5, 5.41) is 3.96. The first-order valence-corrected chi connectivity index (χ1v) is 8.96. The molecule has 2 aliphatic rings. The molecule has 108 valence electrons. The van der Waals surface area contributed by atoms with Gasteiger partial charge in [-0.15, -0.1) is 11.8 Å². The van der Waals surface area contributed by atoms with Crippen molar-refractivity contribution in [2.75, 3.05) is 5.75 Å². The zero-order chi connectivity index (χ0) is 14.1. The molecule has 1 aliphatic heterocycles. The maximum absolute atomic E-state index is 3.96. The molecule has 0 fully saturated rings. The van der Waals surface area contributed by atoms with Crippen LogP contribution in [0.3, 0.4) is 0 Å². The van der Waals surface area contributed by atoms with Crippen LogP contribution in [0.25, 0.3) is 0 Å². The van der Waals surface area contributed by atoms with Gasteiger partial charge in [-0.2, -0.15) is 0 Å². The van der Waals surface area contributed by atoms with Crippen molar-refractivity contribution in [3.05, 3.63) is 65.2 Å². The standard InChI is InChI=1S/C19H21NS/c1-2-8-15-14(6-1)7-5-10-17(15)20-18-12-13-21-19-11-4-3-9-16(18)19/h1-4,6,8-9,11,17-18,20H,5,7,10,12-13H2. The molecule has 21 heavy (non-hydrogen) atoms. The molecule has 0 bridgehead atoms. The molecule has 2 aromatic rings. The van der Waals surface area contributed by atoms with E-state index >= 15 is 0 Å². The highest BCUT2D eigenvalue weighted by Crippen LogP contribution is 2.39. The third kappa shape index (κ3) is 2.63. The number of hydrogen-bond donors (Lipinski definition) is 1. The van der Waals surface area contributed by atoms with E-state index in [0.717, 1.165) is 0 Å². The lowest BCUT2D eigenvalue weighted by molar-refractivity contribution is 0.389. The van der Waals surface area contributed by atoms with E-state index in [1.807, 2.05) is 11.8 Å². The Labute approximate surface area is 131 Å². The monoisotopic (exact) mass is 295 g/mol. The van der Waals surface area contributed by atoms with E-state index in [9.17, 15) is 0 Å². The van der Waals surface area contributed by atoms with Crippen LogP contribution in [-0.2, 0) is 6.42 Å². The molecule has 2 aromatic carbocycles. The second kappa shape index (κ2) is 5.86. The average molecular weight is 295 g/mol. The van der Waals surface area contributed by atoms with Crippen LogP contribution in [0.15, 0.2) is 53.4 Å². The Morgan fingerprint density at radius 2 is 1.62 bits per heavy atom. The fourth-order valence-corrected chi connectivity index (χ4v) is 4.81. The quantitative estimate of drug-likeness (QED) is 0.846.